The van der Waals surface area contributed by atoms with E-state index in [9.17, 15) is 4.39 Å². The van der Waals surface area contributed by atoms with Crippen molar-refractivity contribution in [3.05, 3.63) is 34.1 Å². The van der Waals surface area contributed by atoms with Crippen molar-refractivity contribution in [1.82, 2.24) is 5.32 Å². The van der Waals surface area contributed by atoms with Crippen LogP contribution in [0.3, 0.4) is 0 Å². The van der Waals surface area contributed by atoms with Gasteiger partial charge in [0.25, 0.3) is 0 Å². The van der Waals surface area contributed by atoms with Crippen molar-refractivity contribution in [3.63, 3.8) is 0 Å². The van der Waals surface area contributed by atoms with E-state index in [1.54, 1.807) is 0 Å². The molecule has 4 heteroatoms. The van der Waals surface area contributed by atoms with Crippen LogP contribution in [0, 0.1) is 5.82 Å². The van der Waals surface area contributed by atoms with Crippen molar-refractivity contribution < 1.29 is 4.39 Å². The second kappa shape index (κ2) is 5.52. The highest BCUT2D eigenvalue weighted by Crippen LogP contribution is 2.26. The van der Waals surface area contributed by atoms with Crippen molar-refractivity contribution in [2.45, 2.75) is 25.4 Å². The van der Waals surface area contributed by atoms with Gasteiger partial charge < -0.3 is 5.32 Å². The molecule has 2 unspecified atom stereocenters. The van der Waals surface area contributed by atoms with Gasteiger partial charge in [-0.3, -0.25) is 0 Å². The number of nitrogens with one attached hydrogen (secondary N) is 1. The largest absolute Gasteiger partial charge is 0.307 e. The van der Waals surface area contributed by atoms with E-state index < -0.39 is 0 Å². The zero-order valence-corrected chi connectivity index (χ0v) is 11.6. The Morgan fingerprint density at radius 3 is 3.00 bits per heavy atom. The third kappa shape index (κ3) is 2.99. The van der Waals surface area contributed by atoms with Crippen LogP contribution in [0.15, 0.2) is 22.7 Å². The first-order valence-electron chi connectivity index (χ1n) is 5.45. The third-order valence-corrected chi connectivity index (χ3v) is 4.69. The van der Waals surface area contributed by atoms with Crippen LogP contribution in [0.25, 0.3) is 0 Å². The molecule has 16 heavy (non-hydrogen) atoms. The molecule has 0 saturated carbocycles. The topological polar surface area (TPSA) is 12.0 Å². The van der Waals surface area contributed by atoms with E-state index in [1.165, 1.54) is 30.1 Å². The maximum absolute atomic E-state index is 13.0. The predicted molar refractivity (Wildman–Crippen MR) is 71.4 cm³/mol. The van der Waals surface area contributed by atoms with E-state index in [4.69, 9.17) is 0 Å². The number of benzene rings is 1. The Bertz CT molecular complexity index is 366. The minimum absolute atomic E-state index is 0.195. The van der Waals surface area contributed by atoms with Crippen molar-refractivity contribution in [3.8, 4) is 0 Å². The molecule has 2 rings (SSSR count). The highest BCUT2D eigenvalue weighted by Gasteiger charge is 2.19. The van der Waals surface area contributed by atoms with Gasteiger partial charge in [-0.25, -0.2) is 4.39 Å². The molecule has 1 N–H and O–H groups in total. The lowest BCUT2D eigenvalue weighted by Crippen LogP contribution is -2.31. The summed E-state index contributed by atoms with van der Waals surface area (Å²) in [7, 11) is 0. The van der Waals surface area contributed by atoms with Gasteiger partial charge in [0.15, 0.2) is 0 Å². The Morgan fingerprint density at radius 1 is 1.56 bits per heavy atom. The zero-order valence-electron chi connectivity index (χ0n) is 9.17. The van der Waals surface area contributed by atoms with E-state index in [-0.39, 0.29) is 11.9 Å². The first-order valence-corrected chi connectivity index (χ1v) is 7.40. The highest BCUT2D eigenvalue weighted by atomic mass is 79.9. The van der Waals surface area contributed by atoms with Gasteiger partial charge in [-0.15, -0.1) is 0 Å². The summed E-state index contributed by atoms with van der Waals surface area (Å²) >= 11 is 5.40. The van der Waals surface area contributed by atoms with Crippen LogP contribution in [0.2, 0.25) is 0 Å². The lowest BCUT2D eigenvalue weighted by atomic mass is 10.1. The highest BCUT2D eigenvalue weighted by molar-refractivity contribution is 9.10. The molecular formula is C12H15BrFNS. The molecule has 1 heterocycles. The summed E-state index contributed by atoms with van der Waals surface area (Å²) in [6.07, 6.45) is 1.23. The fourth-order valence-electron chi connectivity index (χ4n) is 1.96. The van der Waals surface area contributed by atoms with Crippen molar-refractivity contribution in [2.24, 2.45) is 0 Å². The molecule has 1 nitrogen and oxygen atoms in total. The molecule has 1 aromatic carbocycles. The zero-order chi connectivity index (χ0) is 11.5. The molecule has 1 aromatic rings. The molecule has 88 valence electrons. The second-order valence-corrected chi connectivity index (χ2v) is 6.12. The Hall–Kier alpha value is -0.0600. The van der Waals surface area contributed by atoms with Crippen LogP contribution in [-0.2, 0) is 0 Å². The van der Waals surface area contributed by atoms with Crippen LogP contribution in [0.5, 0.6) is 0 Å². The smallest absolute Gasteiger partial charge is 0.124 e. The quantitative estimate of drug-likeness (QED) is 0.913. The van der Waals surface area contributed by atoms with Gasteiger partial charge in [-0.2, -0.15) is 11.8 Å². The van der Waals surface area contributed by atoms with E-state index >= 15 is 0 Å². The van der Waals surface area contributed by atoms with E-state index in [0.717, 1.165) is 10.0 Å². The molecular weight excluding hydrogens is 289 g/mol. The maximum atomic E-state index is 13.0. The van der Waals surface area contributed by atoms with E-state index in [0.29, 0.717) is 6.04 Å². The molecule has 1 aliphatic heterocycles. The summed E-state index contributed by atoms with van der Waals surface area (Å²) in [5, 5.41) is 3.58. The average molecular weight is 304 g/mol. The van der Waals surface area contributed by atoms with Gasteiger partial charge in [0.2, 0.25) is 0 Å². The van der Waals surface area contributed by atoms with Crippen molar-refractivity contribution in [1.29, 1.82) is 0 Å². The molecule has 0 amide bonds. The van der Waals surface area contributed by atoms with E-state index in [1.807, 2.05) is 17.8 Å². The lowest BCUT2D eigenvalue weighted by Gasteiger charge is -2.20. The van der Waals surface area contributed by atoms with Crippen LogP contribution in [0.1, 0.15) is 24.9 Å². The van der Waals surface area contributed by atoms with Gasteiger partial charge in [-0.05, 0) is 36.8 Å². The maximum Gasteiger partial charge on any atom is 0.124 e. The number of hydrogen-bond donors (Lipinski definition) is 1. The number of halogens is 2. The minimum atomic E-state index is -0.195. The summed E-state index contributed by atoms with van der Waals surface area (Å²) in [5.41, 5.74) is 1.12. The molecule has 1 fully saturated rings. The summed E-state index contributed by atoms with van der Waals surface area (Å²) in [5.74, 6) is 2.23. The summed E-state index contributed by atoms with van der Waals surface area (Å²) in [6, 6.07) is 5.74. The summed E-state index contributed by atoms with van der Waals surface area (Å²) in [4.78, 5) is 0. The first-order chi connectivity index (χ1) is 7.66. The van der Waals surface area contributed by atoms with Crippen LogP contribution < -0.4 is 5.32 Å². The van der Waals surface area contributed by atoms with Gasteiger partial charge >= 0.3 is 0 Å². The number of rotatable bonds is 3. The van der Waals surface area contributed by atoms with Gasteiger partial charge in [0.1, 0.15) is 5.82 Å². The fourth-order valence-corrected chi connectivity index (χ4v) is 3.82. The summed E-state index contributed by atoms with van der Waals surface area (Å²) in [6.45, 7) is 2.13. The third-order valence-electron chi connectivity index (χ3n) is 2.84. The van der Waals surface area contributed by atoms with Crippen molar-refractivity contribution in [2.75, 3.05) is 11.5 Å². The molecule has 0 aromatic heterocycles. The van der Waals surface area contributed by atoms with Gasteiger partial charge in [0.05, 0.1) is 0 Å². The van der Waals surface area contributed by atoms with Crippen LogP contribution in [0.4, 0.5) is 4.39 Å². The standard InChI is InChI=1S/C12H15BrFNS/c1-8(15-10-4-5-16-7-10)11-3-2-9(14)6-12(11)13/h2-3,6,8,10,15H,4-5,7H2,1H3. The van der Waals surface area contributed by atoms with E-state index in [2.05, 4.69) is 28.2 Å². The van der Waals surface area contributed by atoms with Crippen LogP contribution in [-0.4, -0.2) is 17.5 Å². The Labute approximate surface area is 108 Å². The Kier molecular flexibility index (Phi) is 4.27. The monoisotopic (exact) mass is 303 g/mol. The van der Waals surface area contributed by atoms with Gasteiger partial charge in [-0.1, -0.05) is 22.0 Å². The minimum Gasteiger partial charge on any atom is -0.307 e. The average Bonchev–Trinajstić information content (AvgIpc) is 2.70. The lowest BCUT2D eigenvalue weighted by molar-refractivity contribution is 0.484. The first kappa shape index (κ1) is 12.4. The second-order valence-electron chi connectivity index (χ2n) is 4.11. The Balaban J connectivity index is 2.04. The molecule has 0 radical (unpaired) electrons. The molecule has 2 atom stereocenters. The van der Waals surface area contributed by atoms with Gasteiger partial charge in [0, 0.05) is 22.3 Å². The fraction of sp³-hybridized carbons (Fsp3) is 0.500. The number of thioether (sulfide) groups is 1. The van der Waals surface area contributed by atoms with Crippen LogP contribution >= 0.6 is 27.7 Å². The molecule has 1 saturated heterocycles. The number of hydrogen-bond acceptors (Lipinski definition) is 2. The molecule has 1 aliphatic rings. The summed E-state index contributed by atoms with van der Waals surface area (Å²) < 4.78 is 13.8. The SMILES string of the molecule is CC(NC1CCSC1)c1ccc(F)cc1Br. The van der Waals surface area contributed by atoms with Crippen molar-refractivity contribution >= 4 is 27.7 Å². The predicted octanol–water partition coefficient (Wildman–Crippen LogP) is 3.74. The molecule has 0 aliphatic carbocycles. The Morgan fingerprint density at radius 2 is 2.38 bits per heavy atom. The normalized spacial score (nSPS) is 22.3. The molecule has 0 spiro atoms. The molecule has 0 bridgehead atoms.